The molecule has 0 atom stereocenters. The second-order valence-electron chi connectivity index (χ2n) is 6.08. The zero-order valence-corrected chi connectivity index (χ0v) is 16.4. The molecule has 148 valence electrons. The Morgan fingerprint density at radius 2 is 2.03 bits per heavy atom. The number of hydrogen-bond donors (Lipinski definition) is 2. The second kappa shape index (κ2) is 8.06. The van der Waals surface area contributed by atoms with Crippen molar-refractivity contribution in [2.45, 2.75) is 0 Å². The molecule has 0 aliphatic rings. The van der Waals surface area contributed by atoms with E-state index in [0.717, 1.165) is 0 Å². The Kier molecular flexibility index (Phi) is 5.15. The molecule has 0 radical (unpaired) electrons. The lowest BCUT2D eigenvalue weighted by atomic mass is 10.1. The number of ether oxygens (including phenoxy) is 2. The number of anilines is 2. The second-order valence-corrected chi connectivity index (χ2v) is 6.94. The van der Waals surface area contributed by atoms with Crippen LogP contribution in [0.15, 0.2) is 54.2 Å². The highest BCUT2D eigenvalue weighted by atomic mass is 32.1. The van der Waals surface area contributed by atoms with Crippen LogP contribution in [0.5, 0.6) is 16.7 Å². The Bertz CT molecular complexity index is 1270. The van der Waals surface area contributed by atoms with Crippen LogP contribution in [-0.2, 0) is 0 Å². The topological polar surface area (TPSA) is 117 Å². The summed E-state index contributed by atoms with van der Waals surface area (Å²) in [6.07, 6.45) is 3.10. The van der Waals surface area contributed by atoms with Crippen LogP contribution in [0.4, 0.5) is 11.4 Å². The zero-order valence-electron chi connectivity index (χ0n) is 15.6. The zero-order chi connectivity index (χ0) is 21.1. The molecule has 0 aliphatic carbocycles. The maximum Gasteiger partial charge on any atom is 0.339 e. The van der Waals surface area contributed by atoms with Gasteiger partial charge in [0.15, 0.2) is 0 Å². The van der Waals surface area contributed by atoms with Crippen molar-refractivity contribution in [2.24, 2.45) is 0 Å². The van der Waals surface area contributed by atoms with Gasteiger partial charge in [-0.3, -0.25) is 4.98 Å². The molecule has 2 heterocycles. The van der Waals surface area contributed by atoms with Crippen molar-refractivity contribution in [3.63, 3.8) is 0 Å². The SMILES string of the molecule is COc1cc2ncc(C#N)c(Nc3ccc(Oc4nccs4)cc3)c2cc1C(=O)O. The van der Waals surface area contributed by atoms with Crippen LogP contribution in [0, 0.1) is 11.3 Å². The molecule has 30 heavy (non-hydrogen) atoms. The maximum absolute atomic E-state index is 11.6. The van der Waals surface area contributed by atoms with Crippen molar-refractivity contribution < 1.29 is 19.4 Å². The summed E-state index contributed by atoms with van der Waals surface area (Å²) in [5.41, 5.74) is 1.92. The molecule has 2 N–H and O–H groups in total. The summed E-state index contributed by atoms with van der Waals surface area (Å²) in [6, 6.07) is 12.2. The molecular weight excluding hydrogens is 404 g/mol. The number of benzene rings is 2. The molecule has 0 spiro atoms. The lowest BCUT2D eigenvalue weighted by molar-refractivity contribution is 0.0693. The fourth-order valence-electron chi connectivity index (χ4n) is 2.89. The summed E-state index contributed by atoms with van der Waals surface area (Å²) in [7, 11) is 1.39. The number of nitrogens with zero attached hydrogens (tertiary/aromatic N) is 3. The first kappa shape index (κ1) is 19.2. The van der Waals surface area contributed by atoms with E-state index in [1.807, 2.05) is 5.38 Å². The van der Waals surface area contributed by atoms with Crippen LogP contribution in [-0.4, -0.2) is 28.2 Å². The van der Waals surface area contributed by atoms with Crippen molar-refractivity contribution in [1.29, 1.82) is 5.26 Å². The summed E-state index contributed by atoms with van der Waals surface area (Å²) in [5, 5.41) is 25.1. The summed E-state index contributed by atoms with van der Waals surface area (Å²) in [4.78, 5) is 19.9. The number of fused-ring (bicyclic) bond motifs is 1. The smallest absolute Gasteiger partial charge is 0.339 e. The minimum atomic E-state index is -1.13. The van der Waals surface area contributed by atoms with E-state index in [-0.39, 0.29) is 16.9 Å². The first-order valence-corrected chi connectivity index (χ1v) is 9.55. The number of carbonyl (C=O) groups is 1. The van der Waals surface area contributed by atoms with Gasteiger partial charge in [0.05, 0.1) is 23.9 Å². The van der Waals surface area contributed by atoms with Crippen LogP contribution in [0.2, 0.25) is 0 Å². The van der Waals surface area contributed by atoms with E-state index in [1.54, 1.807) is 30.5 Å². The average Bonchev–Trinajstić information content (AvgIpc) is 3.27. The number of hydrogen-bond acceptors (Lipinski definition) is 8. The molecular formula is C21H14N4O4S. The van der Waals surface area contributed by atoms with Crippen LogP contribution in [0.25, 0.3) is 10.9 Å². The van der Waals surface area contributed by atoms with Gasteiger partial charge in [-0.1, -0.05) is 11.3 Å². The number of aromatic nitrogens is 2. The van der Waals surface area contributed by atoms with E-state index in [1.165, 1.54) is 36.8 Å². The van der Waals surface area contributed by atoms with Crippen LogP contribution in [0.1, 0.15) is 15.9 Å². The molecule has 0 saturated heterocycles. The van der Waals surface area contributed by atoms with E-state index in [9.17, 15) is 15.2 Å². The average molecular weight is 418 g/mol. The van der Waals surface area contributed by atoms with Crippen molar-refractivity contribution >= 4 is 39.6 Å². The van der Waals surface area contributed by atoms with E-state index in [0.29, 0.717) is 33.2 Å². The summed E-state index contributed by atoms with van der Waals surface area (Å²) < 4.78 is 10.8. The fraction of sp³-hybridized carbons (Fsp3) is 0.0476. The number of aromatic carboxylic acids is 1. The molecule has 9 heteroatoms. The maximum atomic E-state index is 11.6. The van der Waals surface area contributed by atoms with Crippen LogP contribution >= 0.6 is 11.3 Å². The van der Waals surface area contributed by atoms with Gasteiger partial charge >= 0.3 is 5.97 Å². The Morgan fingerprint density at radius 1 is 1.23 bits per heavy atom. The van der Waals surface area contributed by atoms with Crippen LogP contribution in [0.3, 0.4) is 0 Å². The van der Waals surface area contributed by atoms with Crippen molar-refractivity contribution in [2.75, 3.05) is 12.4 Å². The molecule has 0 amide bonds. The molecule has 0 unspecified atom stereocenters. The summed E-state index contributed by atoms with van der Waals surface area (Å²) in [5.74, 6) is -0.318. The highest BCUT2D eigenvalue weighted by molar-refractivity contribution is 7.11. The molecule has 2 aromatic carbocycles. The molecule has 0 aliphatic heterocycles. The predicted molar refractivity (Wildman–Crippen MR) is 112 cm³/mol. The Hall–Kier alpha value is -4.16. The number of nitriles is 1. The molecule has 4 aromatic rings. The standard InChI is InChI=1S/C21H14N4O4S/c1-28-18-9-17-15(8-16(18)20(26)27)19(12(10-22)11-24-17)25-13-2-4-14(5-3-13)29-21-23-6-7-30-21/h2-9,11H,1H3,(H,24,25)(H,26,27). The van der Waals surface area contributed by atoms with Crippen molar-refractivity contribution in [3.8, 4) is 22.8 Å². The molecule has 0 fully saturated rings. The summed E-state index contributed by atoms with van der Waals surface area (Å²) in [6.45, 7) is 0. The highest BCUT2D eigenvalue weighted by Gasteiger charge is 2.17. The number of thiazole rings is 1. The number of pyridine rings is 1. The number of carboxylic acid groups (broad SMARTS) is 1. The third-order valence-electron chi connectivity index (χ3n) is 4.28. The lowest BCUT2D eigenvalue weighted by Gasteiger charge is -2.14. The minimum absolute atomic E-state index is 0.0165. The minimum Gasteiger partial charge on any atom is -0.496 e. The molecule has 0 bridgehead atoms. The van der Waals surface area contributed by atoms with Crippen molar-refractivity contribution in [3.05, 3.63) is 65.3 Å². The monoisotopic (exact) mass is 418 g/mol. The first-order chi connectivity index (χ1) is 14.6. The summed E-state index contributed by atoms with van der Waals surface area (Å²) >= 11 is 1.39. The van der Waals surface area contributed by atoms with Crippen LogP contribution < -0.4 is 14.8 Å². The quantitative estimate of drug-likeness (QED) is 0.458. The highest BCUT2D eigenvalue weighted by Crippen LogP contribution is 2.34. The number of methoxy groups -OCH3 is 1. The van der Waals surface area contributed by atoms with Gasteiger partial charge in [0.1, 0.15) is 23.1 Å². The normalized spacial score (nSPS) is 10.4. The number of carboxylic acids is 1. The number of rotatable bonds is 6. The van der Waals surface area contributed by atoms with E-state index in [2.05, 4.69) is 21.4 Å². The third-order valence-corrected chi connectivity index (χ3v) is 4.93. The van der Waals surface area contributed by atoms with Gasteiger partial charge in [-0.15, -0.1) is 0 Å². The molecule has 2 aromatic heterocycles. The van der Waals surface area contributed by atoms with Crippen molar-refractivity contribution in [1.82, 2.24) is 9.97 Å². The Balaban J connectivity index is 1.73. The Labute approximate surface area is 175 Å². The van der Waals surface area contributed by atoms with Gasteiger partial charge in [-0.2, -0.15) is 5.26 Å². The van der Waals surface area contributed by atoms with Gasteiger partial charge in [0.25, 0.3) is 5.19 Å². The first-order valence-electron chi connectivity index (χ1n) is 8.67. The van der Waals surface area contributed by atoms with E-state index in [4.69, 9.17) is 9.47 Å². The van der Waals surface area contributed by atoms with Gasteiger partial charge in [0.2, 0.25) is 0 Å². The molecule has 8 nitrogen and oxygen atoms in total. The van der Waals surface area contributed by atoms with Gasteiger partial charge in [0, 0.05) is 34.9 Å². The van der Waals surface area contributed by atoms with E-state index >= 15 is 0 Å². The molecule has 4 rings (SSSR count). The van der Waals surface area contributed by atoms with Gasteiger partial charge < -0.3 is 19.9 Å². The molecule has 0 saturated carbocycles. The lowest BCUT2D eigenvalue weighted by Crippen LogP contribution is -2.03. The Morgan fingerprint density at radius 3 is 2.67 bits per heavy atom. The predicted octanol–water partition coefficient (Wildman–Crippen LogP) is 4.81. The largest absolute Gasteiger partial charge is 0.496 e. The van der Waals surface area contributed by atoms with Gasteiger partial charge in [-0.05, 0) is 30.3 Å². The van der Waals surface area contributed by atoms with Gasteiger partial charge in [-0.25, -0.2) is 9.78 Å². The number of nitrogens with one attached hydrogen (secondary N) is 1. The van der Waals surface area contributed by atoms with E-state index < -0.39 is 5.97 Å². The third kappa shape index (κ3) is 3.72. The fourth-order valence-corrected chi connectivity index (χ4v) is 3.39.